The Morgan fingerprint density at radius 2 is 2.26 bits per heavy atom. The highest BCUT2D eigenvalue weighted by Gasteiger charge is 2.44. The topological polar surface area (TPSA) is 45.9 Å². The number of halogens is 1. The average Bonchev–Trinajstić information content (AvgIpc) is 2.72. The normalized spacial score (nSPS) is 16.7. The summed E-state index contributed by atoms with van der Waals surface area (Å²) >= 11 is 5.06. The predicted octanol–water partition coefficient (Wildman–Crippen LogP) is 3.67. The van der Waals surface area contributed by atoms with Gasteiger partial charge in [-0.25, -0.2) is 4.98 Å². The molecule has 2 heterocycles. The molecule has 2 aromatic rings. The molecule has 0 amide bonds. The first-order valence-corrected chi connectivity index (χ1v) is 7.48. The number of aromatic nitrogens is 1. The van der Waals surface area contributed by atoms with Crippen LogP contribution in [-0.4, -0.2) is 18.2 Å². The van der Waals surface area contributed by atoms with E-state index in [2.05, 4.69) is 27.0 Å². The SMILES string of the molecule is Cc1nc(-c2cccc(Br)c2)sc1C1(C#N)COC1. The number of nitriles is 1. The molecule has 0 spiro atoms. The maximum Gasteiger partial charge on any atom is 0.140 e. The van der Waals surface area contributed by atoms with E-state index in [9.17, 15) is 5.26 Å². The Bertz CT molecular complexity index is 670. The van der Waals surface area contributed by atoms with E-state index >= 15 is 0 Å². The van der Waals surface area contributed by atoms with Crippen LogP contribution in [0.4, 0.5) is 0 Å². The second-order valence-corrected chi connectivity index (χ2v) is 6.55. The van der Waals surface area contributed by atoms with E-state index in [0.29, 0.717) is 13.2 Å². The number of hydrogen-bond donors (Lipinski definition) is 0. The maximum absolute atomic E-state index is 9.38. The Morgan fingerprint density at radius 1 is 1.47 bits per heavy atom. The van der Waals surface area contributed by atoms with Crippen LogP contribution in [0, 0.1) is 18.3 Å². The van der Waals surface area contributed by atoms with Gasteiger partial charge in [0, 0.05) is 10.0 Å². The Balaban J connectivity index is 2.05. The van der Waals surface area contributed by atoms with Gasteiger partial charge in [-0.15, -0.1) is 11.3 Å². The van der Waals surface area contributed by atoms with Crippen molar-refractivity contribution in [2.75, 3.05) is 13.2 Å². The second-order valence-electron chi connectivity index (χ2n) is 4.63. The lowest BCUT2D eigenvalue weighted by Crippen LogP contribution is -2.45. The van der Waals surface area contributed by atoms with Gasteiger partial charge in [0.15, 0.2) is 0 Å². The molecule has 0 aliphatic carbocycles. The van der Waals surface area contributed by atoms with Crippen LogP contribution in [0.2, 0.25) is 0 Å². The summed E-state index contributed by atoms with van der Waals surface area (Å²) < 4.78 is 6.25. The molecule has 1 aliphatic heterocycles. The van der Waals surface area contributed by atoms with Crippen LogP contribution in [0.3, 0.4) is 0 Å². The third kappa shape index (κ3) is 2.10. The molecule has 3 rings (SSSR count). The lowest BCUT2D eigenvalue weighted by molar-refractivity contribution is -0.0284. The Hall–Kier alpha value is -1.22. The van der Waals surface area contributed by atoms with Gasteiger partial charge in [0.2, 0.25) is 0 Å². The van der Waals surface area contributed by atoms with Crippen LogP contribution in [-0.2, 0) is 10.2 Å². The number of nitrogens with zero attached hydrogens (tertiary/aromatic N) is 2. The fourth-order valence-corrected chi connectivity index (χ4v) is 3.71. The molecule has 0 unspecified atom stereocenters. The fraction of sp³-hybridized carbons (Fsp3) is 0.286. The van der Waals surface area contributed by atoms with Crippen molar-refractivity contribution in [1.82, 2.24) is 4.98 Å². The van der Waals surface area contributed by atoms with Crippen molar-refractivity contribution in [1.29, 1.82) is 5.26 Å². The molecule has 0 N–H and O–H groups in total. The minimum absolute atomic E-state index is 0.477. The summed E-state index contributed by atoms with van der Waals surface area (Å²) in [6.07, 6.45) is 0. The zero-order chi connectivity index (χ0) is 13.5. The molecular formula is C14H11BrN2OS. The maximum atomic E-state index is 9.38. The van der Waals surface area contributed by atoms with Crippen molar-refractivity contribution < 1.29 is 4.74 Å². The molecule has 0 radical (unpaired) electrons. The Labute approximate surface area is 124 Å². The largest absolute Gasteiger partial charge is 0.377 e. The molecular weight excluding hydrogens is 324 g/mol. The summed E-state index contributed by atoms with van der Waals surface area (Å²) in [6.45, 7) is 2.92. The van der Waals surface area contributed by atoms with E-state index in [1.54, 1.807) is 11.3 Å². The summed E-state index contributed by atoms with van der Waals surface area (Å²) in [6, 6.07) is 10.4. The number of rotatable bonds is 2. The molecule has 1 aliphatic rings. The minimum Gasteiger partial charge on any atom is -0.377 e. The summed E-state index contributed by atoms with van der Waals surface area (Å²) in [7, 11) is 0. The standard InChI is InChI=1S/C14H11BrN2OS/c1-9-12(14(6-16)7-18-8-14)19-13(17-9)10-3-2-4-11(15)5-10/h2-5H,7-8H2,1H3. The van der Waals surface area contributed by atoms with Gasteiger partial charge in [0.1, 0.15) is 10.4 Å². The van der Waals surface area contributed by atoms with Gasteiger partial charge < -0.3 is 4.74 Å². The van der Waals surface area contributed by atoms with E-state index in [1.807, 2.05) is 31.2 Å². The first-order valence-electron chi connectivity index (χ1n) is 5.87. The smallest absolute Gasteiger partial charge is 0.140 e. The molecule has 0 bridgehead atoms. The minimum atomic E-state index is -0.480. The number of ether oxygens (including phenoxy) is 1. The van der Waals surface area contributed by atoms with Crippen molar-refractivity contribution in [3.63, 3.8) is 0 Å². The van der Waals surface area contributed by atoms with Crippen LogP contribution in [0.1, 0.15) is 10.6 Å². The van der Waals surface area contributed by atoms with Gasteiger partial charge >= 0.3 is 0 Å². The molecule has 0 saturated carbocycles. The van der Waals surface area contributed by atoms with Gasteiger partial charge in [-0.1, -0.05) is 28.1 Å². The van der Waals surface area contributed by atoms with E-state index in [1.165, 1.54) is 0 Å². The second kappa shape index (κ2) is 4.71. The van der Waals surface area contributed by atoms with Crippen LogP contribution in [0.15, 0.2) is 28.7 Å². The van der Waals surface area contributed by atoms with Crippen molar-refractivity contribution in [2.45, 2.75) is 12.3 Å². The van der Waals surface area contributed by atoms with Crippen molar-refractivity contribution in [3.8, 4) is 16.6 Å². The van der Waals surface area contributed by atoms with E-state index < -0.39 is 5.41 Å². The van der Waals surface area contributed by atoms with Crippen molar-refractivity contribution in [3.05, 3.63) is 39.3 Å². The molecule has 0 atom stereocenters. The van der Waals surface area contributed by atoms with Crippen LogP contribution < -0.4 is 0 Å². The third-order valence-electron chi connectivity index (χ3n) is 3.21. The molecule has 1 fully saturated rings. The number of benzene rings is 1. The van der Waals surface area contributed by atoms with E-state index in [4.69, 9.17) is 4.74 Å². The molecule has 3 nitrogen and oxygen atoms in total. The summed E-state index contributed by atoms with van der Waals surface area (Å²) in [5.41, 5.74) is 1.53. The van der Waals surface area contributed by atoms with Gasteiger partial charge in [0.25, 0.3) is 0 Å². The highest BCUT2D eigenvalue weighted by atomic mass is 79.9. The predicted molar refractivity (Wildman–Crippen MR) is 78.1 cm³/mol. The average molecular weight is 335 g/mol. The van der Waals surface area contributed by atoms with Crippen LogP contribution in [0.25, 0.3) is 10.6 Å². The summed E-state index contributed by atoms with van der Waals surface area (Å²) in [5, 5.41) is 10.3. The van der Waals surface area contributed by atoms with E-state index in [0.717, 1.165) is 25.6 Å². The lowest BCUT2D eigenvalue weighted by atomic mass is 9.85. The number of aryl methyl sites for hydroxylation is 1. The van der Waals surface area contributed by atoms with Crippen LogP contribution >= 0.6 is 27.3 Å². The van der Waals surface area contributed by atoms with Crippen LogP contribution in [0.5, 0.6) is 0 Å². The van der Waals surface area contributed by atoms with Gasteiger partial charge in [-0.2, -0.15) is 5.26 Å². The van der Waals surface area contributed by atoms with Gasteiger partial charge in [-0.05, 0) is 19.1 Å². The first-order chi connectivity index (χ1) is 9.14. The molecule has 1 aromatic heterocycles. The summed E-state index contributed by atoms with van der Waals surface area (Å²) in [4.78, 5) is 5.65. The van der Waals surface area contributed by atoms with Crippen molar-refractivity contribution >= 4 is 27.3 Å². The van der Waals surface area contributed by atoms with E-state index in [-0.39, 0.29) is 0 Å². The third-order valence-corrected chi connectivity index (χ3v) is 5.12. The highest BCUT2D eigenvalue weighted by Crippen LogP contribution is 2.40. The number of thiazole rings is 1. The molecule has 1 aromatic carbocycles. The zero-order valence-corrected chi connectivity index (χ0v) is 12.7. The Kier molecular flexibility index (Phi) is 3.17. The van der Waals surface area contributed by atoms with Gasteiger partial charge in [0.05, 0.1) is 29.9 Å². The number of hydrogen-bond acceptors (Lipinski definition) is 4. The molecule has 96 valence electrons. The highest BCUT2D eigenvalue weighted by molar-refractivity contribution is 9.10. The van der Waals surface area contributed by atoms with Crippen molar-refractivity contribution in [2.24, 2.45) is 0 Å². The monoisotopic (exact) mass is 334 g/mol. The quantitative estimate of drug-likeness (QED) is 0.841. The first kappa shape index (κ1) is 12.8. The zero-order valence-electron chi connectivity index (χ0n) is 10.3. The molecule has 19 heavy (non-hydrogen) atoms. The fourth-order valence-electron chi connectivity index (χ4n) is 2.14. The van der Waals surface area contributed by atoms with Gasteiger partial charge in [-0.3, -0.25) is 0 Å². The summed E-state index contributed by atoms with van der Waals surface area (Å²) in [5.74, 6) is 0. The molecule has 1 saturated heterocycles. The molecule has 5 heteroatoms. The Morgan fingerprint density at radius 3 is 2.84 bits per heavy atom. The lowest BCUT2D eigenvalue weighted by Gasteiger charge is -2.34.